The predicted octanol–water partition coefficient (Wildman–Crippen LogP) is 4.74. The zero-order valence-corrected chi connectivity index (χ0v) is 18.6. The Hall–Kier alpha value is -3.15. The summed E-state index contributed by atoms with van der Waals surface area (Å²) in [6.07, 6.45) is 1.65. The molecule has 2 aromatic rings. The molecule has 0 radical (unpaired) electrons. The van der Waals surface area contributed by atoms with Crippen molar-refractivity contribution in [3.05, 3.63) is 59.7 Å². The SMILES string of the molecule is CCCOc1ccc(C(=O)CCC(=O)NCc2cccc(NC(=O)CC(C)C)c2)cc1. The molecule has 6 heteroatoms. The van der Waals surface area contributed by atoms with E-state index in [0.29, 0.717) is 30.8 Å². The van der Waals surface area contributed by atoms with Crippen molar-refractivity contribution in [3.8, 4) is 5.75 Å². The largest absolute Gasteiger partial charge is 0.494 e. The smallest absolute Gasteiger partial charge is 0.224 e. The van der Waals surface area contributed by atoms with Crippen LogP contribution in [0.2, 0.25) is 0 Å². The third-order valence-corrected chi connectivity index (χ3v) is 4.52. The van der Waals surface area contributed by atoms with Crippen molar-refractivity contribution >= 4 is 23.3 Å². The Morgan fingerprint density at radius 2 is 1.71 bits per heavy atom. The van der Waals surface area contributed by atoms with Crippen molar-refractivity contribution < 1.29 is 19.1 Å². The Balaban J connectivity index is 1.77. The zero-order valence-electron chi connectivity index (χ0n) is 18.6. The second kappa shape index (κ2) is 12.5. The molecule has 0 heterocycles. The van der Waals surface area contributed by atoms with E-state index in [2.05, 4.69) is 10.6 Å². The molecule has 0 atom stereocenters. The summed E-state index contributed by atoms with van der Waals surface area (Å²) in [5.41, 5.74) is 2.16. The fourth-order valence-electron chi connectivity index (χ4n) is 2.96. The van der Waals surface area contributed by atoms with Crippen LogP contribution in [0.1, 0.15) is 62.4 Å². The molecular formula is C25H32N2O4. The summed E-state index contributed by atoms with van der Waals surface area (Å²) in [5.74, 6) is 0.730. The molecule has 31 heavy (non-hydrogen) atoms. The first-order valence-electron chi connectivity index (χ1n) is 10.8. The number of rotatable bonds is 12. The van der Waals surface area contributed by atoms with Gasteiger partial charge in [0.25, 0.3) is 0 Å². The van der Waals surface area contributed by atoms with E-state index in [0.717, 1.165) is 17.7 Å². The standard InChI is InChI=1S/C25H32N2O4/c1-4-14-31-22-10-8-20(9-11-22)23(28)12-13-24(29)26-17-19-6-5-7-21(16-19)27-25(30)15-18(2)3/h5-11,16,18H,4,12-15,17H2,1-3H3,(H,26,29)(H,27,30). The number of carbonyl (C=O) groups excluding carboxylic acids is 3. The number of hydrogen-bond donors (Lipinski definition) is 2. The molecule has 0 aliphatic carbocycles. The van der Waals surface area contributed by atoms with E-state index in [9.17, 15) is 14.4 Å². The summed E-state index contributed by atoms with van der Waals surface area (Å²) >= 11 is 0. The van der Waals surface area contributed by atoms with Gasteiger partial charge in [-0.05, 0) is 54.3 Å². The van der Waals surface area contributed by atoms with Crippen molar-refractivity contribution in [2.24, 2.45) is 5.92 Å². The first kappa shape index (κ1) is 24.1. The molecule has 0 aromatic heterocycles. The molecule has 6 nitrogen and oxygen atoms in total. The lowest BCUT2D eigenvalue weighted by Crippen LogP contribution is -2.23. The van der Waals surface area contributed by atoms with Crippen molar-refractivity contribution in [1.82, 2.24) is 5.32 Å². The number of benzene rings is 2. The van der Waals surface area contributed by atoms with Gasteiger partial charge in [0.05, 0.1) is 6.61 Å². The molecule has 0 spiro atoms. The van der Waals surface area contributed by atoms with Gasteiger partial charge in [0, 0.05) is 37.1 Å². The Morgan fingerprint density at radius 1 is 0.968 bits per heavy atom. The monoisotopic (exact) mass is 424 g/mol. The van der Waals surface area contributed by atoms with Crippen LogP contribution in [0.3, 0.4) is 0 Å². The molecule has 2 amide bonds. The van der Waals surface area contributed by atoms with Crippen molar-refractivity contribution in [2.45, 2.75) is 53.0 Å². The highest BCUT2D eigenvalue weighted by molar-refractivity contribution is 5.98. The lowest BCUT2D eigenvalue weighted by atomic mass is 10.1. The van der Waals surface area contributed by atoms with E-state index < -0.39 is 0 Å². The predicted molar refractivity (Wildman–Crippen MR) is 122 cm³/mol. The van der Waals surface area contributed by atoms with Crippen molar-refractivity contribution in [1.29, 1.82) is 0 Å². The number of amides is 2. The summed E-state index contributed by atoms with van der Waals surface area (Å²) in [7, 11) is 0. The number of anilines is 1. The summed E-state index contributed by atoms with van der Waals surface area (Å²) < 4.78 is 5.51. The summed E-state index contributed by atoms with van der Waals surface area (Å²) in [6.45, 7) is 7.00. The Labute approximate surface area is 184 Å². The van der Waals surface area contributed by atoms with Crippen LogP contribution in [0.15, 0.2) is 48.5 Å². The fourth-order valence-corrected chi connectivity index (χ4v) is 2.96. The molecule has 2 aromatic carbocycles. The molecule has 0 aliphatic rings. The molecule has 166 valence electrons. The Kier molecular flexibility index (Phi) is 9.75. The maximum absolute atomic E-state index is 12.3. The number of Topliss-reactive ketones (excluding diaryl/α,β-unsaturated/α-hetero) is 1. The fraction of sp³-hybridized carbons (Fsp3) is 0.400. The van der Waals surface area contributed by atoms with Crippen LogP contribution in [0.25, 0.3) is 0 Å². The third-order valence-electron chi connectivity index (χ3n) is 4.52. The number of hydrogen-bond acceptors (Lipinski definition) is 4. The first-order chi connectivity index (χ1) is 14.9. The molecule has 0 unspecified atom stereocenters. The zero-order chi connectivity index (χ0) is 22.6. The van der Waals surface area contributed by atoms with E-state index in [1.165, 1.54) is 0 Å². The summed E-state index contributed by atoms with van der Waals surface area (Å²) in [5, 5.41) is 5.70. The minimum Gasteiger partial charge on any atom is -0.494 e. The average Bonchev–Trinajstić information content (AvgIpc) is 2.74. The molecule has 0 saturated heterocycles. The summed E-state index contributed by atoms with van der Waals surface area (Å²) in [4.78, 5) is 36.4. The summed E-state index contributed by atoms with van der Waals surface area (Å²) in [6, 6.07) is 14.4. The van der Waals surface area contributed by atoms with Crippen LogP contribution in [0.4, 0.5) is 5.69 Å². The molecule has 0 bridgehead atoms. The Bertz CT molecular complexity index is 875. The normalized spacial score (nSPS) is 10.6. The van der Waals surface area contributed by atoms with Gasteiger partial charge in [0.15, 0.2) is 5.78 Å². The maximum atomic E-state index is 12.3. The van der Waals surface area contributed by atoms with Gasteiger partial charge in [-0.1, -0.05) is 32.9 Å². The second-order valence-corrected chi connectivity index (χ2v) is 7.92. The van der Waals surface area contributed by atoms with E-state index in [-0.39, 0.29) is 36.4 Å². The highest BCUT2D eigenvalue weighted by Gasteiger charge is 2.10. The molecular weight excluding hydrogens is 392 g/mol. The van der Waals surface area contributed by atoms with E-state index in [1.54, 1.807) is 24.3 Å². The lowest BCUT2D eigenvalue weighted by Gasteiger charge is -2.10. The quantitative estimate of drug-likeness (QED) is 0.482. The number of carbonyl (C=O) groups is 3. The second-order valence-electron chi connectivity index (χ2n) is 7.92. The number of nitrogens with one attached hydrogen (secondary N) is 2. The maximum Gasteiger partial charge on any atom is 0.224 e. The van der Waals surface area contributed by atoms with E-state index in [1.807, 2.05) is 45.0 Å². The minimum atomic E-state index is -0.189. The van der Waals surface area contributed by atoms with Crippen molar-refractivity contribution in [2.75, 3.05) is 11.9 Å². The van der Waals surface area contributed by atoms with E-state index >= 15 is 0 Å². The van der Waals surface area contributed by atoms with Gasteiger partial charge in [-0.2, -0.15) is 0 Å². The van der Waals surface area contributed by atoms with Crippen LogP contribution >= 0.6 is 0 Å². The van der Waals surface area contributed by atoms with Gasteiger partial charge in [0.1, 0.15) is 5.75 Å². The van der Waals surface area contributed by atoms with Crippen LogP contribution in [0.5, 0.6) is 5.75 Å². The number of ether oxygens (including phenoxy) is 1. The molecule has 0 saturated carbocycles. The van der Waals surface area contributed by atoms with Crippen molar-refractivity contribution in [3.63, 3.8) is 0 Å². The van der Waals surface area contributed by atoms with Gasteiger partial charge < -0.3 is 15.4 Å². The minimum absolute atomic E-state index is 0.0281. The van der Waals surface area contributed by atoms with E-state index in [4.69, 9.17) is 4.74 Å². The third kappa shape index (κ3) is 9.03. The highest BCUT2D eigenvalue weighted by atomic mass is 16.5. The van der Waals surface area contributed by atoms with Crippen LogP contribution in [0, 0.1) is 5.92 Å². The topological polar surface area (TPSA) is 84.5 Å². The van der Waals surface area contributed by atoms with Gasteiger partial charge in [-0.15, -0.1) is 0 Å². The molecule has 0 fully saturated rings. The van der Waals surface area contributed by atoms with Gasteiger partial charge in [0.2, 0.25) is 11.8 Å². The van der Waals surface area contributed by atoms with Crippen LogP contribution in [-0.4, -0.2) is 24.2 Å². The molecule has 2 rings (SSSR count). The first-order valence-corrected chi connectivity index (χ1v) is 10.8. The average molecular weight is 425 g/mol. The van der Waals surface area contributed by atoms with Crippen LogP contribution < -0.4 is 15.4 Å². The highest BCUT2D eigenvalue weighted by Crippen LogP contribution is 2.15. The van der Waals surface area contributed by atoms with Crippen LogP contribution in [-0.2, 0) is 16.1 Å². The number of ketones is 1. The lowest BCUT2D eigenvalue weighted by molar-refractivity contribution is -0.121. The van der Waals surface area contributed by atoms with Gasteiger partial charge in [-0.25, -0.2) is 0 Å². The van der Waals surface area contributed by atoms with Gasteiger partial charge in [-0.3, -0.25) is 14.4 Å². The van der Waals surface area contributed by atoms with Gasteiger partial charge >= 0.3 is 0 Å². The molecule has 2 N–H and O–H groups in total. The Morgan fingerprint density at radius 3 is 2.39 bits per heavy atom. The molecule has 0 aliphatic heterocycles.